The molecule has 5 aromatic rings. The molecule has 45 heteroatoms. The number of thioether (sulfide) groups is 1. The van der Waals surface area contributed by atoms with Crippen molar-refractivity contribution < 1.29 is 117 Å². The average Bonchev–Trinajstić information content (AvgIpc) is 1.66. The molecular formula is C104H148N20O24S. The highest BCUT2D eigenvalue weighted by Gasteiger charge is 2.47. The number of amides is 16. The lowest BCUT2D eigenvalue weighted by atomic mass is 9.96. The van der Waals surface area contributed by atoms with E-state index in [0.29, 0.717) is 83.7 Å². The van der Waals surface area contributed by atoms with E-state index in [1.165, 1.54) is 69.8 Å². The molecule has 5 heterocycles. The van der Waals surface area contributed by atoms with Gasteiger partial charge >= 0.3 is 17.9 Å². The predicted octanol–water partition coefficient (Wildman–Crippen LogP) is 2.85. The Morgan fingerprint density at radius 2 is 1.10 bits per heavy atom. The maximum absolute atomic E-state index is 16.1. The Kier molecular flexibility index (Phi) is 46.8. The number of nitrogens with two attached hydrogens (primary N) is 2. The minimum Gasteiger partial charge on any atom is -0.508 e. The number of hydrogen-bond acceptors (Lipinski definition) is 24. The first-order valence-electron chi connectivity index (χ1n) is 51.5. The van der Waals surface area contributed by atoms with Gasteiger partial charge < -0.3 is 125 Å². The van der Waals surface area contributed by atoms with Crippen LogP contribution in [0.5, 0.6) is 5.75 Å². The number of aliphatic hydroxyl groups is 1. The number of aliphatic hydroxyl groups excluding tert-OH is 1. The van der Waals surface area contributed by atoms with Crippen molar-refractivity contribution in [3.63, 3.8) is 0 Å². The predicted molar refractivity (Wildman–Crippen MR) is 551 cm³/mol. The number of H-pyrrole nitrogens is 2. The molecule has 1 aliphatic carbocycles. The number of fused-ring (bicyclic) bond motifs is 4. The Hall–Kier alpha value is -13.9. The highest BCUT2D eigenvalue weighted by molar-refractivity contribution is 8.00. The molecule has 814 valence electrons. The average molecular weight is 2090 g/mol. The number of carboxylic acid groups (broad SMARTS) is 3. The fourth-order valence-electron chi connectivity index (χ4n) is 19.2. The summed E-state index contributed by atoms with van der Waals surface area (Å²) < 4.78 is 0. The zero-order chi connectivity index (χ0) is 109. The summed E-state index contributed by atoms with van der Waals surface area (Å²) in [6.07, 6.45) is 7.50. The van der Waals surface area contributed by atoms with Gasteiger partial charge in [0.1, 0.15) is 90.3 Å². The first-order chi connectivity index (χ1) is 71.1. The third-order valence-corrected chi connectivity index (χ3v) is 28.5. The van der Waals surface area contributed by atoms with Crippen molar-refractivity contribution in [3.05, 3.63) is 126 Å². The van der Waals surface area contributed by atoms with Gasteiger partial charge in [-0.1, -0.05) is 153 Å². The van der Waals surface area contributed by atoms with Gasteiger partial charge in [0, 0.05) is 126 Å². The maximum Gasteiger partial charge on any atom is 0.304 e. The number of primary amides is 1. The largest absolute Gasteiger partial charge is 0.508 e. The minimum atomic E-state index is -1.81. The van der Waals surface area contributed by atoms with Crippen molar-refractivity contribution in [2.75, 3.05) is 58.8 Å². The van der Waals surface area contributed by atoms with Crippen molar-refractivity contribution >= 4 is 141 Å². The Morgan fingerprint density at radius 1 is 0.530 bits per heavy atom. The molecule has 44 nitrogen and oxygen atoms in total. The molecule has 0 saturated carbocycles. The van der Waals surface area contributed by atoms with Gasteiger partial charge in [0.15, 0.2) is 0 Å². The number of phenolic OH excluding ortho intramolecular Hbond substituents is 1. The van der Waals surface area contributed by atoms with Crippen molar-refractivity contribution in [1.82, 2.24) is 92.6 Å². The summed E-state index contributed by atoms with van der Waals surface area (Å²) in [6, 6.07) is -2.37. The number of nitrogens with zero attached hydrogens (tertiary/aromatic N) is 6. The van der Waals surface area contributed by atoms with E-state index in [4.69, 9.17) is 16.6 Å². The molecule has 2 unspecified atom stereocenters. The molecule has 0 bridgehead atoms. The number of phenols is 1. The van der Waals surface area contributed by atoms with Gasteiger partial charge in [-0.2, -0.15) is 0 Å². The van der Waals surface area contributed by atoms with Crippen LogP contribution < -0.4 is 64.6 Å². The first kappa shape index (κ1) is 119. The van der Waals surface area contributed by atoms with Crippen LogP contribution in [0.2, 0.25) is 0 Å². The monoisotopic (exact) mass is 2090 g/mol. The second-order valence-electron chi connectivity index (χ2n) is 39.4. The number of para-hydroxylation sites is 1. The number of carbonyl (C=O) groups excluding carboxylic acids is 16. The summed E-state index contributed by atoms with van der Waals surface area (Å²) in [5, 5.41) is 79.3. The van der Waals surface area contributed by atoms with Crippen LogP contribution in [-0.4, -0.2) is 327 Å². The molecule has 9 rings (SSSR count). The lowest BCUT2D eigenvalue weighted by Gasteiger charge is -2.36. The molecule has 3 fully saturated rings. The van der Waals surface area contributed by atoms with Gasteiger partial charge in [-0.05, 0) is 130 Å². The fraction of sp³-hybridized carbons (Fsp3) is 0.577. The van der Waals surface area contributed by atoms with E-state index in [2.05, 4.69) is 68.1 Å². The molecule has 16 atom stereocenters. The number of likely N-dealkylation sites (N-methyl/N-ethyl adjacent to an activating group) is 3. The van der Waals surface area contributed by atoms with E-state index in [1.54, 1.807) is 74.7 Å². The molecular weight excluding hydrogens is 1950 g/mol. The highest BCUT2D eigenvalue weighted by atomic mass is 32.2. The Balaban J connectivity index is 1.12. The second-order valence-corrected chi connectivity index (χ2v) is 40.4. The molecule has 0 spiro atoms. The minimum absolute atomic E-state index is 0.0166. The Morgan fingerprint density at radius 3 is 1.75 bits per heavy atom. The van der Waals surface area contributed by atoms with Crippen LogP contribution in [0, 0.1) is 5.92 Å². The van der Waals surface area contributed by atoms with Gasteiger partial charge in [-0.3, -0.25) is 91.1 Å². The molecule has 3 saturated heterocycles. The molecule has 2 aromatic heterocycles. The van der Waals surface area contributed by atoms with Crippen molar-refractivity contribution in [1.29, 1.82) is 0 Å². The zero-order valence-electron chi connectivity index (χ0n) is 86.0. The lowest BCUT2D eigenvalue weighted by Crippen LogP contribution is -2.61. The number of aliphatic carboxylic acids is 3. The number of rotatable bonds is 38. The lowest BCUT2D eigenvalue weighted by molar-refractivity contribution is -0.149. The quantitative estimate of drug-likeness (QED) is 0.0253. The third kappa shape index (κ3) is 35.4. The molecule has 3 aromatic carbocycles. The number of benzene rings is 3. The maximum atomic E-state index is 16.1. The van der Waals surface area contributed by atoms with Crippen LogP contribution in [0.15, 0.2) is 97.6 Å². The normalized spacial score (nSPS) is 24.3. The van der Waals surface area contributed by atoms with Crippen LogP contribution in [0.3, 0.4) is 0 Å². The van der Waals surface area contributed by atoms with E-state index in [0.717, 1.165) is 63.5 Å². The summed E-state index contributed by atoms with van der Waals surface area (Å²) in [5.41, 5.74) is 15.4. The number of allylic oxidation sites excluding steroid dienone is 1. The number of carbonyl (C=O) groups is 19. The molecule has 0 radical (unpaired) electrons. The van der Waals surface area contributed by atoms with Crippen LogP contribution in [-0.2, 0) is 110 Å². The van der Waals surface area contributed by atoms with Crippen molar-refractivity contribution in [3.8, 4) is 5.75 Å². The molecule has 3 aliphatic heterocycles. The number of aromatic hydroxyl groups is 1. The zero-order valence-corrected chi connectivity index (χ0v) is 86.9. The topological polar surface area (TPSA) is 658 Å². The number of unbranched alkanes of at least 4 members (excludes halogenated alkanes) is 9. The van der Waals surface area contributed by atoms with Crippen LogP contribution >= 0.6 is 11.8 Å². The van der Waals surface area contributed by atoms with Gasteiger partial charge in [-0.15, -0.1) is 11.8 Å². The van der Waals surface area contributed by atoms with E-state index >= 15 is 57.5 Å². The van der Waals surface area contributed by atoms with Gasteiger partial charge in [-0.25, -0.2) is 4.98 Å². The highest BCUT2D eigenvalue weighted by Crippen LogP contribution is 2.41. The number of carboxylic acids is 3. The standard InChI is InChI=1S/C104H148N20O24S/c1-9-11-32-82-97(141)114-75(45-60(3)4)94(138)119-81(92(136)108-43-24-18-16-14-13-15-17-19-35-88(129)130)57-149-58-87(128)111-78(46-62-37-39-67(125)40-38-62)100(144)120(6)61(5)91(135)117-80(53-86(106)127)103(147)123-44-26-34-83(123)98(142)116-77(51-66-55-107-59-110-66)96(140)113-74(31-25-36-89(131)132)102(146)124-56-68(126)52-85(124)99(143)115-76(49-65-54-109-72-30-23-22-29-71(65)72)95(139)112-73(41-42-105)93(137)118-79(101(145)122(8)84(33-12-10-2)104(148)121(82)7)48-63-47-64(50-90(133)134)70-28-21-20-27-69(63)70/h20-23,27-30,37-40,47,54-55,59-61,64,68,73-85,109,125-126H,9-19,24-26,31-36,41-46,48-53,56-58,105H2,1-8H3,(H2,106,127)(H,107,110)(H,108,136)(H,111,128)(H,112,139)(H,113,140)(H,114,141)(H,115,143)(H,116,142)(H,117,135)(H,118,137)(H,119,138)(H,129,130)(H,131,132)(H,133,134)/t61-,64?,68+,73-,74-,75-,76-,77-,78-,79-,80-,81-,82-,83?,84-,85-/m0/s1. The summed E-state index contributed by atoms with van der Waals surface area (Å²) in [4.78, 5) is 293. The first-order valence-corrected chi connectivity index (χ1v) is 52.7. The molecule has 4 aliphatic rings. The number of nitrogens with one attached hydrogen (secondary N) is 12. The number of hydrogen-bond donors (Lipinski definition) is 19. The smallest absolute Gasteiger partial charge is 0.304 e. The summed E-state index contributed by atoms with van der Waals surface area (Å²) in [5.74, 6) is -20.0. The van der Waals surface area contributed by atoms with E-state index in [1.807, 2.05) is 13.8 Å². The summed E-state index contributed by atoms with van der Waals surface area (Å²) in [7, 11) is 3.97. The van der Waals surface area contributed by atoms with Crippen LogP contribution in [0.1, 0.15) is 235 Å². The van der Waals surface area contributed by atoms with Crippen molar-refractivity contribution in [2.45, 2.75) is 317 Å². The second kappa shape index (κ2) is 58.8. The van der Waals surface area contributed by atoms with Crippen LogP contribution in [0.25, 0.3) is 16.5 Å². The van der Waals surface area contributed by atoms with Gasteiger partial charge in [0.2, 0.25) is 94.5 Å². The van der Waals surface area contributed by atoms with E-state index in [-0.39, 0.29) is 126 Å². The van der Waals surface area contributed by atoms with E-state index < -0.39 is 247 Å². The Bertz CT molecular complexity index is 5510. The molecule has 16 amide bonds. The third-order valence-electron chi connectivity index (χ3n) is 27.5. The van der Waals surface area contributed by atoms with E-state index in [9.17, 15) is 54.0 Å². The Labute approximate surface area is 870 Å². The fourth-order valence-corrected chi connectivity index (χ4v) is 20.1. The number of aromatic amines is 2. The summed E-state index contributed by atoms with van der Waals surface area (Å²) in [6.45, 7) is 7.71. The number of imidazole rings is 1. The van der Waals surface area contributed by atoms with Gasteiger partial charge in [0.25, 0.3) is 0 Å². The van der Waals surface area contributed by atoms with Crippen LogP contribution in [0.4, 0.5) is 0 Å². The summed E-state index contributed by atoms with van der Waals surface area (Å²) >= 11 is 0.884. The number of aromatic nitrogens is 3. The molecule has 21 N–H and O–H groups in total. The SMILES string of the molecule is CCCC[C@H]1C(=O)N(C)[C@@H](CCCC)C(=O)N[C@@H](CC(C)C)C(=O)N[C@H](C(=O)NCCCCCCCCCCC(=O)O)CSCC(=O)N[C@@H](Cc2ccc(O)cc2)C(=O)N(C)[C@@H](C)C(=O)N[C@@H](CC(N)=O)C(=O)N2CCCC2C(=O)N[C@@H](Cc2cnc[nH]2)C(=O)N[C@@H](CCCC(=O)O)C(=O)N2C[C@H](O)C[C@H]2C(=O)N[C@@H](Cc2c[nH]c3ccccc23)C(=O)N[C@@H](CCN)C(=O)N[C@@H](CC2=CC(CC(=O)O)c3ccccc32)C(=O)N1C. The van der Waals surface area contributed by atoms with Crippen molar-refractivity contribution in [2.24, 2.45) is 17.4 Å². The molecule has 149 heavy (non-hydrogen) atoms. The van der Waals surface area contributed by atoms with Gasteiger partial charge in [0.05, 0.1) is 31.0 Å².